The van der Waals surface area contributed by atoms with Gasteiger partial charge in [-0.2, -0.15) is 0 Å². The first kappa shape index (κ1) is 11.5. The molecule has 0 fully saturated rings. The molecule has 1 aliphatic heterocycles. The molecule has 1 aliphatic rings. The normalized spacial score (nSPS) is 14.5. The summed E-state index contributed by atoms with van der Waals surface area (Å²) in [6, 6.07) is 18.6. The predicted octanol–water partition coefficient (Wildman–Crippen LogP) is 4.28. The van der Waals surface area contributed by atoms with Gasteiger partial charge in [-0.05, 0) is 24.5 Å². The van der Waals surface area contributed by atoms with E-state index in [1.54, 1.807) is 0 Å². The molecule has 2 heterocycles. The summed E-state index contributed by atoms with van der Waals surface area (Å²) in [6.45, 7) is 0. The Morgan fingerprint density at radius 3 is 2.45 bits per heavy atom. The van der Waals surface area contributed by atoms with Crippen LogP contribution < -0.4 is 0 Å². The molecular formula is C18H15NO. The minimum Gasteiger partial charge on any atom is -0.284 e. The highest BCUT2D eigenvalue weighted by molar-refractivity contribution is 6.04. The zero-order valence-electron chi connectivity index (χ0n) is 11.2. The third kappa shape index (κ3) is 1.54. The summed E-state index contributed by atoms with van der Waals surface area (Å²) in [6.07, 6.45) is 2.58. The second kappa shape index (κ2) is 4.34. The van der Waals surface area contributed by atoms with Crippen molar-refractivity contribution < 1.29 is 4.79 Å². The van der Waals surface area contributed by atoms with E-state index in [2.05, 4.69) is 36.4 Å². The summed E-state index contributed by atoms with van der Waals surface area (Å²) in [5.41, 5.74) is 4.65. The summed E-state index contributed by atoms with van der Waals surface area (Å²) < 4.78 is 1.93. The Morgan fingerprint density at radius 1 is 0.850 bits per heavy atom. The smallest absolute Gasteiger partial charge is 0.231 e. The van der Waals surface area contributed by atoms with E-state index in [0.717, 1.165) is 18.4 Å². The number of carbonyl (C=O) groups excluding carboxylic acids is 1. The molecule has 0 atom stereocenters. The van der Waals surface area contributed by atoms with Gasteiger partial charge in [0.15, 0.2) is 0 Å². The lowest BCUT2D eigenvalue weighted by Gasteiger charge is -2.16. The van der Waals surface area contributed by atoms with Gasteiger partial charge in [0.25, 0.3) is 0 Å². The summed E-state index contributed by atoms with van der Waals surface area (Å²) in [5, 5.41) is 1.18. The molecule has 1 aromatic heterocycles. The fourth-order valence-electron chi connectivity index (χ4n) is 3.26. The molecule has 0 amide bonds. The maximum atomic E-state index is 12.3. The summed E-state index contributed by atoms with van der Waals surface area (Å²) in [5.74, 6) is 0.227. The largest absolute Gasteiger partial charge is 0.284 e. The van der Waals surface area contributed by atoms with Crippen molar-refractivity contribution in [3.05, 3.63) is 60.3 Å². The van der Waals surface area contributed by atoms with E-state index in [1.165, 1.54) is 22.2 Å². The highest BCUT2D eigenvalue weighted by Crippen LogP contribution is 2.37. The number of aromatic nitrogens is 1. The van der Waals surface area contributed by atoms with Gasteiger partial charge in [0.2, 0.25) is 5.91 Å². The van der Waals surface area contributed by atoms with Crippen molar-refractivity contribution >= 4 is 16.8 Å². The van der Waals surface area contributed by atoms with Crippen LogP contribution in [0.3, 0.4) is 0 Å². The van der Waals surface area contributed by atoms with E-state index >= 15 is 0 Å². The molecule has 0 unspecified atom stereocenters. The molecule has 0 bridgehead atoms. The Morgan fingerprint density at radius 2 is 1.60 bits per heavy atom. The van der Waals surface area contributed by atoms with Crippen molar-refractivity contribution in [2.45, 2.75) is 19.3 Å². The second-order valence-electron chi connectivity index (χ2n) is 5.29. The molecular weight excluding hydrogens is 246 g/mol. The van der Waals surface area contributed by atoms with Crippen LogP contribution in [0, 0.1) is 0 Å². The number of hydrogen-bond donors (Lipinski definition) is 0. The minimum atomic E-state index is 0.227. The predicted molar refractivity (Wildman–Crippen MR) is 80.9 cm³/mol. The first-order chi connectivity index (χ1) is 9.86. The van der Waals surface area contributed by atoms with Crippen molar-refractivity contribution in [1.82, 2.24) is 4.57 Å². The number of hydrogen-bond acceptors (Lipinski definition) is 1. The molecule has 0 saturated heterocycles. The lowest BCUT2D eigenvalue weighted by atomic mass is 9.98. The fraction of sp³-hybridized carbons (Fsp3) is 0.167. The van der Waals surface area contributed by atoms with E-state index in [9.17, 15) is 4.79 Å². The molecule has 0 N–H and O–H groups in total. The fourth-order valence-corrected chi connectivity index (χ4v) is 3.26. The maximum Gasteiger partial charge on any atom is 0.231 e. The quantitative estimate of drug-likeness (QED) is 0.640. The van der Waals surface area contributed by atoms with Gasteiger partial charge in [-0.3, -0.25) is 9.36 Å². The third-order valence-electron chi connectivity index (χ3n) is 4.09. The SMILES string of the molecule is O=C1CCCc2c(-c3ccccc3)c3ccccc3n21. The number of benzene rings is 2. The van der Waals surface area contributed by atoms with Gasteiger partial charge in [-0.25, -0.2) is 0 Å². The van der Waals surface area contributed by atoms with Crippen molar-refractivity contribution in [2.24, 2.45) is 0 Å². The first-order valence-electron chi connectivity index (χ1n) is 7.07. The van der Waals surface area contributed by atoms with Gasteiger partial charge >= 0.3 is 0 Å². The van der Waals surface area contributed by atoms with Crippen LogP contribution in [0.2, 0.25) is 0 Å². The molecule has 0 saturated carbocycles. The van der Waals surface area contributed by atoms with Gasteiger partial charge in [-0.15, -0.1) is 0 Å². The zero-order chi connectivity index (χ0) is 13.5. The van der Waals surface area contributed by atoms with Crippen molar-refractivity contribution in [1.29, 1.82) is 0 Å². The molecule has 0 aliphatic carbocycles. The molecule has 0 radical (unpaired) electrons. The van der Waals surface area contributed by atoms with Gasteiger partial charge < -0.3 is 0 Å². The number of fused-ring (bicyclic) bond motifs is 3. The molecule has 0 spiro atoms. The molecule has 98 valence electrons. The molecule has 20 heavy (non-hydrogen) atoms. The Bertz CT molecular complexity index is 799. The number of para-hydroxylation sites is 1. The van der Waals surface area contributed by atoms with Crippen LogP contribution in [0.5, 0.6) is 0 Å². The summed E-state index contributed by atoms with van der Waals surface area (Å²) in [4.78, 5) is 12.3. The lowest BCUT2D eigenvalue weighted by molar-refractivity contribution is 0.0890. The maximum absolute atomic E-state index is 12.3. The highest BCUT2D eigenvalue weighted by atomic mass is 16.2. The molecule has 2 heteroatoms. The van der Waals surface area contributed by atoms with Gasteiger partial charge in [0, 0.05) is 23.1 Å². The van der Waals surface area contributed by atoms with Crippen LogP contribution in [0.4, 0.5) is 0 Å². The average molecular weight is 261 g/mol. The molecule has 2 aromatic carbocycles. The summed E-state index contributed by atoms with van der Waals surface area (Å²) in [7, 11) is 0. The van der Waals surface area contributed by atoms with Gasteiger partial charge in [0.05, 0.1) is 5.52 Å². The average Bonchev–Trinajstić information content (AvgIpc) is 2.84. The van der Waals surface area contributed by atoms with Crippen molar-refractivity contribution in [3.8, 4) is 11.1 Å². The van der Waals surface area contributed by atoms with Crippen LogP contribution >= 0.6 is 0 Å². The third-order valence-corrected chi connectivity index (χ3v) is 4.09. The Balaban J connectivity index is 2.13. The number of nitrogens with zero attached hydrogens (tertiary/aromatic N) is 1. The minimum absolute atomic E-state index is 0.227. The topological polar surface area (TPSA) is 22.0 Å². The number of carbonyl (C=O) groups is 1. The van der Waals surface area contributed by atoms with Crippen LogP contribution in [0.15, 0.2) is 54.6 Å². The zero-order valence-corrected chi connectivity index (χ0v) is 11.2. The van der Waals surface area contributed by atoms with Crippen molar-refractivity contribution in [2.75, 3.05) is 0 Å². The van der Waals surface area contributed by atoms with E-state index in [4.69, 9.17) is 0 Å². The van der Waals surface area contributed by atoms with Gasteiger partial charge in [0.1, 0.15) is 0 Å². The van der Waals surface area contributed by atoms with E-state index in [1.807, 2.05) is 22.8 Å². The monoisotopic (exact) mass is 261 g/mol. The van der Waals surface area contributed by atoms with Crippen LogP contribution in [0.1, 0.15) is 23.3 Å². The van der Waals surface area contributed by atoms with E-state index in [0.29, 0.717) is 6.42 Å². The van der Waals surface area contributed by atoms with Gasteiger partial charge in [-0.1, -0.05) is 48.5 Å². The lowest BCUT2D eigenvalue weighted by Crippen LogP contribution is -2.18. The molecule has 3 aromatic rings. The molecule has 4 rings (SSSR count). The number of rotatable bonds is 1. The Kier molecular flexibility index (Phi) is 2.49. The highest BCUT2D eigenvalue weighted by Gasteiger charge is 2.24. The van der Waals surface area contributed by atoms with Crippen LogP contribution in [0.25, 0.3) is 22.0 Å². The Labute approximate surface area is 117 Å². The van der Waals surface area contributed by atoms with Crippen LogP contribution in [-0.2, 0) is 6.42 Å². The van der Waals surface area contributed by atoms with E-state index in [-0.39, 0.29) is 5.91 Å². The first-order valence-corrected chi connectivity index (χ1v) is 7.07. The Hall–Kier alpha value is -2.35. The van der Waals surface area contributed by atoms with E-state index < -0.39 is 0 Å². The molecule has 2 nitrogen and oxygen atoms in total. The second-order valence-corrected chi connectivity index (χ2v) is 5.29. The standard InChI is InChI=1S/C18H15NO/c20-17-12-6-11-16-18(13-7-2-1-3-8-13)14-9-4-5-10-15(14)19(16)17/h1-5,7-10H,6,11-12H2. The van der Waals surface area contributed by atoms with Crippen LogP contribution in [-0.4, -0.2) is 10.5 Å². The summed E-state index contributed by atoms with van der Waals surface area (Å²) >= 11 is 0. The van der Waals surface area contributed by atoms with Crippen molar-refractivity contribution in [3.63, 3.8) is 0 Å².